The molecule has 31 heavy (non-hydrogen) atoms. The van der Waals surface area contributed by atoms with Crippen molar-refractivity contribution >= 4 is 16.9 Å². The van der Waals surface area contributed by atoms with Crippen LogP contribution in [0.25, 0.3) is 10.9 Å². The fourth-order valence-corrected chi connectivity index (χ4v) is 6.07. The SMILES string of the molecule is COC(=O)c1ccc2c(c1)c1c(n2Cc2ccc(OC)cc2)CC(C)(C)CC12CCC2. The van der Waals surface area contributed by atoms with E-state index in [1.54, 1.807) is 7.11 Å². The van der Waals surface area contributed by atoms with Gasteiger partial charge in [-0.05, 0) is 78.0 Å². The van der Waals surface area contributed by atoms with E-state index in [-0.39, 0.29) is 16.8 Å². The highest BCUT2D eigenvalue weighted by Crippen LogP contribution is 2.58. The van der Waals surface area contributed by atoms with Crippen LogP contribution in [-0.4, -0.2) is 24.8 Å². The molecule has 4 heteroatoms. The quantitative estimate of drug-likeness (QED) is 0.498. The van der Waals surface area contributed by atoms with Gasteiger partial charge in [0.25, 0.3) is 0 Å². The van der Waals surface area contributed by atoms with Gasteiger partial charge in [-0.25, -0.2) is 4.79 Å². The Kier molecular flexibility index (Phi) is 4.65. The van der Waals surface area contributed by atoms with Gasteiger partial charge >= 0.3 is 5.97 Å². The third kappa shape index (κ3) is 3.24. The smallest absolute Gasteiger partial charge is 0.337 e. The third-order valence-corrected chi connectivity index (χ3v) is 7.40. The average molecular weight is 418 g/mol. The Morgan fingerprint density at radius 2 is 1.81 bits per heavy atom. The Labute approximate surface area is 184 Å². The van der Waals surface area contributed by atoms with E-state index in [1.165, 1.54) is 60.5 Å². The number of fused-ring (bicyclic) bond motifs is 4. The summed E-state index contributed by atoms with van der Waals surface area (Å²) in [5, 5.41) is 1.24. The summed E-state index contributed by atoms with van der Waals surface area (Å²) in [4.78, 5) is 12.3. The number of aromatic nitrogens is 1. The van der Waals surface area contributed by atoms with E-state index in [4.69, 9.17) is 9.47 Å². The molecule has 0 saturated heterocycles. The largest absolute Gasteiger partial charge is 0.497 e. The Morgan fingerprint density at radius 1 is 1.06 bits per heavy atom. The van der Waals surface area contributed by atoms with E-state index in [0.29, 0.717) is 5.56 Å². The molecule has 2 aromatic carbocycles. The van der Waals surface area contributed by atoms with Gasteiger partial charge in [0.2, 0.25) is 0 Å². The van der Waals surface area contributed by atoms with Crippen molar-refractivity contribution in [3.8, 4) is 5.75 Å². The van der Waals surface area contributed by atoms with Gasteiger partial charge in [0.1, 0.15) is 5.75 Å². The van der Waals surface area contributed by atoms with Gasteiger partial charge < -0.3 is 14.0 Å². The monoisotopic (exact) mass is 417 g/mol. The van der Waals surface area contributed by atoms with E-state index >= 15 is 0 Å². The lowest BCUT2D eigenvalue weighted by Crippen LogP contribution is -2.44. The number of carbonyl (C=O) groups excluding carboxylic acids is 1. The molecular weight excluding hydrogens is 386 g/mol. The minimum atomic E-state index is -0.266. The van der Waals surface area contributed by atoms with Gasteiger partial charge in [-0.15, -0.1) is 0 Å². The van der Waals surface area contributed by atoms with Crippen molar-refractivity contribution in [2.24, 2.45) is 5.41 Å². The number of hydrogen-bond donors (Lipinski definition) is 0. The molecule has 0 aliphatic heterocycles. The molecule has 0 N–H and O–H groups in total. The summed E-state index contributed by atoms with van der Waals surface area (Å²) < 4.78 is 12.9. The molecule has 0 unspecified atom stereocenters. The van der Waals surface area contributed by atoms with E-state index in [9.17, 15) is 4.79 Å². The maximum Gasteiger partial charge on any atom is 0.337 e. The second-order valence-corrected chi connectivity index (χ2v) is 10.1. The van der Waals surface area contributed by atoms with Crippen LogP contribution in [0.3, 0.4) is 0 Å². The van der Waals surface area contributed by atoms with Crippen molar-refractivity contribution in [1.82, 2.24) is 4.57 Å². The van der Waals surface area contributed by atoms with Gasteiger partial charge in [-0.2, -0.15) is 0 Å². The van der Waals surface area contributed by atoms with E-state index in [2.05, 4.69) is 42.7 Å². The minimum absolute atomic E-state index is 0.245. The Balaban J connectivity index is 1.71. The lowest BCUT2D eigenvalue weighted by Gasteiger charge is -2.51. The molecule has 1 spiro atoms. The number of carbonyl (C=O) groups is 1. The molecule has 1 aromatic heterocycles. The Bertz CT molecular complexity index is 1150. The van der Waals surface area contributed by atoms with Crippen LogP contribution in [0.15, 0.2) is 42.5 Å². The first-order valence-corrected chi connectivity index (χ1v) is 11.2. The predicted octanol–water partition coefficient (Wildman–Crippen LogP) is 5.88. The fourth-order valence-electron chi connectivity index (χ4n) is 6.07. The van der Waals surface area contributed by atoms with Crippen molar-refractivity contribution in [3.05, 3.63) is 64.8 Å². The molecule has 2 aliphatic carbocycles. The first kappa shape index (κ1) is 20.2. The van der Waals surface area contributed by atoms with Crippen molar-refractivity contribution in [1.29, 1.82) is 0 Å². The summed E-state index contributed by atoms with van der Waals surface area (Å²) in [7, 11) is 3.15. The second-order valence-electron chi connectivity index (χ2n) is 10.1. The third-order valence-electron chi connectivity index (χ3n) is 7.40. The highest BCUT2D eigenvalue weighted by molar-refractivity contribution is 5.97. The summed E-state index contributed by atoms with van der Waals surface area (Å²) in [5.74, 6) is 0.609. The summed E-state index contributed by atoms with van der Waals surface area (Å²) in [5.41, 5.74) is 6.57. The Morgan fingerprint density at radius 3 is 2.42 bits per heavy atom. The molecule has 5 rings (SSSR count). The minimum Gasteiger partial charge on any atom is -0.497 e. The molecule has 4 nitrogen and oxygen atoms in total. The molecule has 1 saturated carbocycles. The van der Waals surface area contributed by atoms with Crippen LogP contribution in [0, 0.1) is 5.41 Å². The summed E-state index contributed by atoms with van der Waals surface area (Å²) in [6.07, 6.45) is 6.05. The average Bonchev–Trinajstić information content (AvgIpc) is 3.03. The molecule has 1 fully saturated rings. The lowest BCUT2D eigenvalue weighted by molar-refractivity contribution is 0.0601. The molecule has 1 heterocycles. The van der Waals surface area contributed by atoms with Crippen LogP contribution in [0.1, 0.15) is 66.7 Å². The maximum atomic E-state index is 12.3. The zero-order chi connectivity index (χ0) is 21.8. The number of rotatable bonds is 4. The van der Waals surface area contributed by atoms with Gasteiger partial charge in [0.05, 0.1) is 19.8 Å². The fraction of sp³-hybridized carbons (Fsp3) is 0.444. The Hall–Kier alpha value is -2.75. The highest BCUT2D eigenvalue weighted by Gasteiger charge is 2.49. The zero-order valence-corrected chi connectivity index (χ0v) is 19.0. The molecule has 2 aliphatic rings. The van der Waals surface area contributed by atoms with Crippen LogP contribution in [-0.2, 0) is 23.1 Å². The first-order chi connectivity index (χ1) is 14.9. The molecule has 3 aromatic rings. The molecule has 0 atom stereocenters. The van der Waals surface area contributed by atoms with Crippen LogP contribution < -0.4 is 4.74 Å². The number of esters is 1. The van der Waals surface area contributed by atoms with Gasteiger partial charge in [0, 0.05) is 23.1 Å². The van der Waals surface area contributed by atoms with Crippen molar-refractivity contribution < 1.29 is 14.3 Å². The van der Waals surface area contributed by atoms with Crippen LogP contribution in [0.5, 0.6) is 5.75 Å². The predicted molar refractivity (Wildman–Crippen MR) is 123 cm³/mol. The molecule has 0 radical (unpaired) electrons. The van der Waals surface area contributed by atoms with E-state index < -0.39 is 0 Å². The normalized spacial score (nSPS) is 18.5. The van der Waals surface area contributed by atoms with Gasteiger partial charge in [-0.1, -0.05) is 32.4 Å². The van der Waals surface area contributed by atoms with E-state index in [1.807, 2.05) is 18.2 Å². The number of nitrogens with zero attached hydrogens (tertiary/aromatic N) is 1. The zero-order valence-electron chi connectivity index (χ0n) is 19.0. The summed E-state index contributed by atoms with van der Waals surface area (Å²) in [6.45, 7) is 5.64. The number of benzene rings is 2. The number of methoxy groups -OCH3 is 2. The lowest BCUT2D eigenvalue weighted by atomic mass is 9.53. The summed E-state index contributed by atoms with van der Waals surface area (Å²) in [6, 6.07) is 14.4. The molecule has 162 valence electrons. The standard InChI is InChI=1S/C27H31NO3/c1-26(2)15-23-24(27(17-26)12-5-13-27)21-14-19(25(29)31-4)8-11-22(21)28(23)16-18-6-9-20(30-3)10-7-18/h6-11,14H,5,12-13,15-17H2,1-4H3. The molecule has 0 amide bonds. The van der Waals surface area contributed by atoms with Gasteiger partial charge in [0.15, 0.2) is 0 Å². The number of ether oxygens (including phenoxy) is 2. The van der Waals surface area contributed by atoms with Crippen LogP contribution in [0.2, 0.25) is 0 Å². The van der Waals surface area contributed by atoms with Crippen molar-refractivity contribution in [2.45, 2.75) is 57.9 Å². The molecule has 0 bridgehead atoms. The van der Waals surface area contributed by atoms with Crippen molar-refractivity contribution in [3.63, 3.8) is 0 Å². The second kappa shape index (κ2) is 7.15. The van der Waals surface area contributed by atoms with E-state index in [0.717, 1.165) is 18.7 Å². The highest BCUT2D eigenvalue weighted by atomic mass is 16.5. The maximum absolute atomic E-state index is 12.3. The van der Waals surface area contributed by atoms with Crippen molar-refractivity contribution in [2.75, 3.05) is 14.2 Å². The first-order valence-electron chi connectivity index (χ1n) is 11.2. The van der Waals surface area contributed by atoms with Crippen LogP contribution >= 0.6 is 0 Å². The number of hydrogen-bond acceptors (Lipinski definition) is 3. The van der Waals surface area contributed by atoms with Gasteiger partial charge in [-0.3, -0.25) is 0 Å². The molecular formula is C27H31NO3. The summed E-state index contributed by atoms with van der Waals surface area (Å²) >= 11 is 0. The van der Waals surface area contributed by atoms with Crippen LogP contribution in [0.4, 0.5) is 0 Å². The topological polar surface area (TPSA) is 40.5 Å².